The Morgan fingerprint density at radius 1 is 1.19 bits per heavy atom. The van der Waals surface area contributed by atoms with Gasteiger partial charge < -0.3 is 14.2 Å². The lowest BCUT2D eigenvalue weighted by Crippen LogP contribution is -2.38. The topological polar surface area (TPSA) is 84.4 Å². The predicted octanol–water partition coefficient (Wildman–Crippen LogP) is 3.46. The Labute approximate surface area is 157 Å². The van der Waals surface area contributed by atoms with Crippen LogP contribution in [0, 0.1) is 6.92 Å². The van der Waals surface area contributed by atoms with E-state index in [0.717, 1.165) is 31.6 Å². The van der Waals surface area contributed by atoms with E-state index in [1.165, 1.54) is 5.56 Å². The van der Waals surface area contributed by atoms with Gasteiger partial charge in [-0.05, 0) is 57.1 Å². The zero-order chi connectivity index (χ0) is 18.6. The Morgan fingerprint density at radius 2 is 1.96 bits per heavy atom. The highest BCUT2D eigenvalue weighted by atomic mass is 16.4. The second-order valence-corrected chi connectivity index (χ2v) is 6.89. The summed E-state index contributed by atoms with van der Waals surface area (Å²) >= 11 is 0. The predicted molar refractivity (Wildman–Crippen MR) is 100 cm³/mol. The molecule has 0 atom stereocenters. The van der Waals surface area contributed by atoms with Gasteiger partial charge in [0.1, 0.15) is 0 Å². The fourth-order valence-corrected chi connectivity index (χ4v) is 3.28. The van der Waals surface area contributed by atoms with Crippen LogP contribution in [-0.4, -0.2) is 40.6 Å². The van der Waals surface area contributed by atoms with Crippen molar-refractivity contribution in [1.29, 1.82) is 0 Å². The lowest BCUT2D eigenvalue weighted by Gasteiger charge is -2.29. The number of nitrogens with one attached hydrogen (secondary N) is 1. The van der Waals surface area contributed by atoms with Crippen molar-refractivity contribution in [2.45, 2.75) is 25.7 Å². The molecule has 0 bridgehead atoms. The van der Waals surface area contributed by atoms with E-state index >= 15 is 0 Å². The smallest absolute Gasteiger partial charge is 0.283 e. The normalized spacial score (nSPS) is 15.7. The molecule has 0 saturated carbocycles. The van der Waals surface area contributed by atoms with Gasteiger partial charge >= 0.3 is 0 Å². The highest BCUT2D eigenvalue weighted by Crippen LogP contribution is 2.29. The number of likely N-dealkylation sites (tertiary alicyclic amines) is 1. The lowest BCUT2D eigenvalue weighted by molar-refractivity contribution is -0.117. The number of amides is 1. The molecule has 1 aromatic carbocycles. The summed E-state index contributed by atoms with van der Waals surface area (Å²) in [7, 11) is 0. The summed E-state index contributed by atoms with van der Waals surface area (Å²) in [4.78, 5) is 14.4. The number of piperidine rings is 1. The van der Waals surface area contributed by atoms with Crippen molar-refractivity contribution >= 4 is 11.6 Å². The minimum atomic E-state index is 0.00944. The standard InChI is InChI=1S/C20H22N4O3/c1-14-4-6-16(7-5-14)21-18(25)13-24-10-8-15(9-11-24)19-22-23-20(27-19)17-3-2-12-26-17/h2-7,12,15H,8-11,13H2,1H3,(H,21,25). The highest BCUT2D eigenvalue weighted by molar-refractivity contribution is 5.92. The van der Waals surface area contributed by atoms with Crippen LogP contribution < -0.4 is 5.32 Å². The van der Waals surface area contributed by atoms with E-state index in [9.17, 15) is 4.79 Å². The van der Waals surface area contributed by atoms with Crippen LogP contribution >= 0.6 is 0 Å². The van der Waals surface area contributed by atoms with E-state index in [1.54, 1.807) is 18.4 Å². The molecule has 0 aliphatic carbocycles. The SMILES string of the molecule is Cc1ccc(NC(=O)CN2CCC(c3nnc(-c4ccco4)o3)CC2)cc1. The summed E-state index contributed by atoms with van der Waals surface area (Å²) in [6.45, 7) is 4.06. The molecule has 0 radical (unpaired) electrons. The van der Waals surface area contributed by atoms with Gasteiger partial charge in [0.15, 0.2) is 5.76 Å². The maximum atomic E-state index is 12.2. The molecule has 140 valence electrons. The van der Waals surface area contributed by atoms with Crippen LogP contribution in [0.4, 0.5) is 5.69 Å². The molecule has 1 fully saturated rings. The number of carbonyl (C=O) groups is 1. The van der Waals surface area contributed by atoms with E-state index in [-0.39, 0.29) is 11.8 Å². The summed E-state index contributed by atoms with van der Waals surface area (Å²) in [6, 6.07) is 11.4. The molecular weight excluding hydrogens is 344 g/mol. The Morgan fingerprint density at radius 3 is 2.67 bits per heavy atom. The van der Waals surface area contributed by atoms with Crippen molar-refractivity contribution < 1.29 is 13.6 Å². The van der Waals surface area contributed by atoms with Gasteiger partial charge in [-0.3, -0.25) is 9.69 Å². The number of hydrogen-bond acceptors (Lipinski definition) is 6. The average molecular weight is 366 g/mol. The molecule has 3 aromatic rings. The molecule has 1 saturated heterocycles. The molecule has 0 unspecified atom stereocenters. The molecule has 1 aliphatic rings. The number of furan rings is 1. The van der Waals surface area contributed by atoms with Gasteiger partial charge in [0.05, 0.1) is 12.8 Å². The van der Waals surface area contributed by atoms with Crippen LogP contribution in [0.1, 0.15) is 30.2 Å². The molecule has 0 spiro atoms. The summed E-state index contributed by atoms with van der Waals surface area (Å²) < 4.78 is 11.0. The Kier molecular flexibility index (Phi) is 5.02. The van der Waals surface area contributed by atoms with Gasteiger partial charge in [-0.25, -0.2) is 0 Å². The molecule has 2 aromatic heterocycles. The zero-order valence-corrected chi connectivity index (χ0v) is 15.2. The van der Waals surface area contributed by atoms with Crippen LogP contribution in [0.15, 0.2) is 51.5 Å². The van der Waals surface area contributed by atoms with Crippen LogP contribution in [-0.2, 0) is 4.79 Å². The molecular formula is C20H22N4O3. The van der Waals surface area contributed by atoms with Crippen LogP contribution in [0.5, 0.6) is 0 Å². The molecule has 7 heteroatoms. The van der Waals surface area contributed by atoms with Crippen LogP contribution in [0.25, 0.3) is 11.7 Å². The second kappa shape index (κ2) is 7.75. The first-order valence-electron chi connectivity index (χ1n) is 9.13. The van der Waals surface area contributed by atoms with Crippen molar-refractivity contribution in [2.75, 3.05) is 25.0 Å². The molecule has 4 rings (SSSR count). The van der Waals surface area contributed by atoms with Crippen molar-refractivity contribution in [1.82, 2.24) is 15.1 Å². The van der Waals surface area contributed by atoms with Gasteiger partial charge in [0, 0.05) is 11.6 Å². The van der Waals surface area contributed by atoms with Crippen molar-refractivity contribution in [3.05, 3.63) is 54.1 Å². The van der Waals surface area contributed by atoms with E-state index in [0.29, 0.717) is 24.1 Å². The number of rotatable bonds is 5. The highest BCUT2D eigenvalue weighted by Gasteiger charge is 2.26. The zero-order valence-electron chi connectivity index (χ0n) is 15.2. The minimum Gasteiger partial charge on any atom is -0.459 e. The lowest BCUT2D eigenvalue weighted by atomic mass is 9.97. The number of aryl methyl sites for hydroxylation is 1. The molecule has 1 N–H and O–H groups in total. The minimum absolute atomic E-state index is 0.00944. The van der Waals surface area contributed by atoms with Crippen molar-refractivity contribution in [3.8, 4) is 11.7 Å². The number of anilines is 1. The summed E-state index contributed by atoms with van der Waals surface area (Å²) in [5.74, 6) is 1.87. The molecule has 3 heterocycles. The maximum absolute atomic E-state index is 12.2. The van der Waals surface area contributed by atoms with Gasteiger partial charge in [-0.1, -0.05) is 17.7 Å². The first-order chi connectivity index (χ1) is 13.2. The maximum Gasteiger partial charge on any atom is 0.283 e. The number of hydrogen-bond donors (Lipinski definition) is 1. The van der Waals surface area contributed by atoms with Crippen LogP contribution in [0.3, 0.4) is 0 Å². The summed E-state index contributed by atoms with van der Waals surface area (Å²) in [6.07, 6.45) is 3.36. The van der Waals surface area contributed by atoms with Gasteiger partial charge in [0.25, 0.3) is 5.89 Å². The number of benzene rings is 1. The monoisotopic (exact) mass is 366 g/mol. The average Bonchev–Trinajstić information content (AvgIpc) is 3.36. The summed E-state index contributed by atoms with van der Waals surface area (Å²) in [5, 5.41) is 11.2. The largest absolute Gasteiger partial charge is 0.459 e. The Hall–Kier alpha value is -2.93. The number of aromatic nitrogens is 2. The van der Waals surface area contributed by atoms with Gasteiger partial charge in [0.2, 0.25) is 11.8 Å². The van der Waals surface area contributed by atoms with Crippen molar-refractivity contribution in [3.63, 3.8) is 0 Å². The number of nitrogens with zero attached hydrogens (tertiary/aromatic N) is 3. The third kappa shape index (κ3) is 4.25. The van der Waals surface area contributed by atoms with Crippen molar-refractivity contribution in [2.24, 2.45) is 0 Å². The van der Waals surface area contributed by atoms with Gasteiger partial charge in [-0.2, -0.15) is 0 Å². The molecule has 27 heavy (non-hydrogen) atoms. The molecule has 1 amide bonds. The van der Waals surface area contributed by atoms with E-state index in [4.69, 9.17) is 8.83 Å². The van der Waals surface area contributed by atoms with E-state index < -0.39 is 0 Å². The molecule has 1 aliphatic heterocycles. The van der Waals surface area contributed by atoms with Crippen LogP contribution in [0.2, 0.25) is 0 Å². The molecule has 7 nitrogen and oxygen atoms in total. The third-order valence-electron chi connectivity index (χ3n) is 4.81. The quantitative estimate of drug-likeness (QED) is 0.744. The van der Waals surface area contributed by atoms with E-state index in [1.807, 2.05) is 31.2 Å². The second-order valence-electron chi connectivity index (χ2n) is 6.89. The number of carbonyl (C=O) groups excluding carboxylic acids is 1. The van der Waals surface area contributed by atoms with E-state index in [2.05, 4.69) is 20.4 Å². The van der Waals surface area contributed by atoms with Gasteiger partial charge in [-0.15, -0.1) is 10.2 Å². The Bertz CT molecular complexity index is 878. The summed E-state index contributed by atoms with van der Waals surface area (Å²) in [5.41, 5.74) is 2.00. The first kappa shape index (κ1) is 17.5. The first-order valence-corrected chi connectivity index (χ1v) is 9.13. The Balaban J connectivity index is 1.27. The fourth-order valence-electron chi connectivity index (χ4n) is 3.28. The fraction of sp³-hybridized carbons (Fsp3) is 0.350. The third-order valence-corrected chi connectivity index (χ3v) is 4.81.